The summed E-state index contributed by atoms with van der Waals surface area (Å²) in [6, 6.07) is 18.2. The Balaban J connectivity index is 1.45. The molecule has 1 aliphatic heterocycles. The van der Waals surface area contributed by atoms with E-state index in [2.05, 4.69) is 62.5 Å². The molecule has 3 aromatic heterocycles. The number of nitriles is 1. The number of hydrogen-bond acceptors (Lipinski definition) is 7. The van der Waals surface area contributed by atoms with Crippen molar-refractivity contribution >= 4 is 18.0 Å². The first-order valence-electron chi connectivity index (χ1n) is 12.1. The van der Waals surface area contributed by atoms with Crippen LogP contribution in [-0.4, -0.2) is 55.4 Å². The molecule has 1 fully saturated rings. The summed E-state index contributed by atoms with van der Waals surface area (Å²) in [5, 5.41) is 14.4. The summed E-state index contributed by atoms with van der Waals surface area (Å²) in [5.41, 5.74) is 3.80. The van der Waals surface area contributed by atoms with Crippen LogP contribution in [0.1, 0.15) is 30.9 Å². The molecule has 0 aliphatic carbocycles. The number of aromatic nitrogens is 5. The lowest BCUT2D eigenvalue weighted by molar-refractivity contribution is 0.194. The van der Waals surface area contributed by atoms with Gasteiger partial charge in [0.15, 0.2) is 5.82 Å². The topological polar surface area (TPSA) is 78.8 Å². The van der Waals surface area contributed by atoms with Crippen LogP contribution in [0.15, 0.2) is 67.1 Å². The van der Waals surface area contributed by atoms with Crippen molar-refractivity contribution in [2.75, 3.05) is 31.1 Å². The van der Waals surface area contributed by atoms with Gasteiger partial charge in [-0.25, -0.2) is 9.67 Å². The third kappa shape index (κ3) is 4.65. The molecule has 1 saturated heterocycles. The Morgan fingerprint density at radius 1 is 1.00 bits per heavy atom. The Kier molecular flexibility index (Phi) is 6.89. The number of benzene rings is 1. The summed E-state index contributed by atoms with van der Waals surface area (Å²) in [6.45, 7) is 8.17. The van der Waals surface area contributed by atoms with Crippen LogP contribution in [0.3, 0.4) is 0 Å². The Morgan fingerprint density at radius 2 is 1.78 bits per heavy atom. The van der Waals surface area contributed by atoms with Crippen molar-refractivity contribution in [3.05, 3.63) is 83.0 Å². The minimum absolute atomic E-state index is 0.339. The zero-order valence-corrected chi connectivity index (χ0v) is 21.3. The molecule has 36 heavy (non-hydrogen) atoms. The molecule has 1 aliphatic rings. The molecule has 0 atom stereocenters. The molecule has 5 rings (SSSR count). The quantitative estimate of drug-likeness (QED) is 0.360. The van der Waals surface area contributed by atoms with E-state index in [-0.39, 0.29) is 0 Å². The number of anilines is 1. The van der Waals surface area contributed by atoms with Gasteiger partial charge in [-0.2, -0.15) is 5.26 Å². The van der Waals surface area contributed by atoms with Gasteiger partial charge < -0.3 is 4.90 Å². The first kappa shape index (κ1) is 23.9. The van der Waals surface area contributed by atoms with Gasteiger partial charge in [-0.05, 0) is 54.0 Å². The summed E-state index contributed by atoms with van der Waals surface area (Å²) in [7, 11) is 0. The average Bonchev–Trinajstić information content (AvgIpc) is 3.25. The van der Waals surface area contributed by atoms with Crippen LogP contribution in [0.25, 0.3) is 17.1 Å². The molecular formula is C27H28N8S. The second-order valence-electron chi connectivity index (χ2n) is 9.13. The van der Waals surface area contributed by atoms with Crippen molar-refractivity contribution in [2.45, 2.75) is 26.4 Å². The molecule has 0 radical (unpaired) electrons. The third-order valence-corrected chi connectivity index (χ3v) is 6.86. The number of nitrogens with zero attached hydrogens (tertiary/aromatic N) is 8. The summed E-state index contributed by atoms with van der Waals surface area (Å²) in [4.78, 5) is 13.3. The van der Waals surface area contributed by atoms with E-state index in [1.54, 1.807) is 18.5 Å². The number of para-hydroxylation sites is 1. The molecule has 0 bridgehead atoms. The second-order valence-corrected chi connectivity index (χ2v) is 9.49. The first-order chi connectivity index (χ1) is 17.6. The summed E-state index contributed by atoms with van der Waals surface area (Å²) < 4.78 is 4.64. The predicted molar refractivity (Wildman–Crippen MR) is 142 cm³/mol. The Hall–Kier alpha value is -3.87. The van der Waals surface area contributed by atoms with Crippen LogP contribution in [0.4, 0.5) is 5.82 Å². The zero-order valence-electron chi connectivity index (χ0n) is 20.4. The lowest BCUT2D eigenvalue weighted by atomic mass is 10.0. The molecule has 0 N–H and O–H groups in total. The minimum Gasteiger partial charge on any atom is -0.353 e. The summed E-state index contributed by atoms with van der Waals surface area (Å²) in [6.07, 6.45) is 5.33. The normalized spacial score (nSPS) is 14.2. The van der Waals surface area contributed by atoms with Gasteiger partial charge in [-0.3, -0.25) is 14.5 Å². The number of hydrogen-bond donors (Lipinski definition) is 0. The van der Waals surface area contributed by atoms with E-state index < -0.39 is 0 Å². The van der Waals surface area contributed by atoms with Crippen LogP contribution in [0.5, 0.6) is 0 Å². The summed E-state index contributed by atoms with van der Waals surface area (Å²) in [5.74, 6) is 1.88. The van der Waals surface area contributed by atoms with E-state index >= 15 is 0 Å². The first-order valence-corrected chi connectivity index (χ1v) is 12.5. The third-order valence-electron chi connectivity index (χ3n) is 6.47. The molecule has 8 nitrogen and oxygen atoms in total. The van der Waals surface area contributed by atoms with Crippen molar-refractivity contribution < 1.29 is 0 Å². The van der Waals surface area contributed by atoms with Gasteiger partial charge in [0.25, 0.3) is 0 Å². The van der Waals surface area contributed by atoms with Gasteiger partial charge >= 0.3 is 0 Å². The SMILES string of the molecule is CC(C)c1ccccc1-n1c(-c2cccnc2)nn(CN2CCN(c3ncccc3C#N)CC2)c1=S. The molecule has 0 spiro atoms. The number of pyridine rings is 2. The van der Waals surface area contributed by atoms with E-state index in [0.717, 1.165) is 49.1 Å². The Bertz CT molecular complexity index is 1440. The highest BCUT2D eigenvalue weighted by Gasteiger charge is 2.23. The maximum absolute atomic E-state index is 9.44. The Morgan fingerprint density at radius 3 is 2.50 bits per heavy atom. The summed E-state index contributed by atoms with van der Waals surface area (Å²) >= 11 is 6.00. The van der Waals surface area contributed by atoms with E-state index in [4.69, 9.17) is 17.3 Å². The molecule has 1 aromatic carbocycles. The van der Waals surface area contributed by atoms with Crippen LogP contribution in [0.2, 0.25) is 0 Å². The zero-order chi connectivity index (χ0) is 25.1. The van der Waals surface area contributed by atoms with Crippen molar-refractivity contribution in [3.8, 4) is 23.1 Å². The molecule has 0 unspecified atom stereocenters. The highest BCUT2D eigenvalue weighted by Crippen LogP contribution is 2.28. The van der Waals surface area contributed by atoms with Crippen LogP contribution in [-0.2, 0) is 6.67 Å². The second kappa shape index (κ2) is 10.4. The molecule has 9 heteroatoms. The van der Waals surface area contributed by atoms with Gasteiger partial charge in [0, 0.05) is 50.3 Å². The molecule has 4 heterocycles. The van der Waals surface area contributed by atoms with Crippen molar-refractivity contribution in [1.82, 2.24) is 29.2 Å². The maximum atomic E-state index is 9.44. The lowest BCUT2D eigenvalue weighted by Crippen LogP contribution is -2.47. The van der Waals surface area contributed by atoms with Crippen molar-refractivity contribution in [2.24, 2.45) is 0 Å². The molecule has 0 saturated carbocycles. The molecular weight excluding hydrogens is 468 g/mol. The monoisotopic (exact) mass is 496 g/mol. The lowest BCUT2D eigenvalue weighted by Gasteiger charge is -2.35. The van der Waals surface area contributed by atoms with Crippen LogP contribution in [0, 0.1) is 16.1 Å². The number of rotatable bonds is 6. The largest absolute Gasteiger partial charge is 0.353 e. The average molecular weight is 497 g/mol. The van der Waals surface area contributed by atoms with Crippen molar-refractivity contribution in [3.63, 3.8) is 0 Å². The highest BCUT2D eigenvalue weighted by molar-refractivity contribution is 7.71. The van der Waals surface area contributed by atoms with E-state index in [9.17, 15) is 5.26 Å². The smallest absolute Gasteiger partial charge is 0.204 e. The fourth-order valence-electron chi connectivity index (χ4n) is 4.61. The van der Waals surface area contributed by atoms with Gasteiger partial charge in [-0.15, -0.1) is 5.10 Å². The van der Waals surface area contributed by atoms with Gasteiger partial charge in [0.1, 0.15) is 11.9 Å². The Labute approximate surface area is 216 Å². The van der Waals surface area contributed by atoms with E-state index in [1.165, 1.54) is 5.56 Å². The minimum atomic E-state index is 0.339. The fraction of sp³-hybridized carbons (Fsp3) is 0.296. The standard InChI is InChI=1S/C27H28N8S/c1-20(2)23-9-3-4-10-24(23)35-26(22-8-5-11-29-18-22)31-34(27(35)36)19-32-13-15-33(16-14-32)25-21(17-28)7-6-12-30-25/h3-12,18,20H,13-16,19H2,1-2H3. The van der Waals surface area contributed by atoms with Gasteiger partial charge in [0.2, 0.25) is 4.77 Å². The maximum Gasteiger partial charge on any atom is 0.204 e. The highest BCUT2D eigenvalue weighted by atomic mass is 32.1. The molecule has 4 aromatic rings. The van der Waals surface area contributed by atoms with Crippen molar-refractivity contribution in [1.29, 1.82) is 5.26 Å². The number of piperazine rings is 1. The molecule has 182 valence electrons. The van der Waals surface area contributed by atoms with Gasteiger partial charge in [-0.1, -0.05) is 32.0 Å². The van der Waals surface area contributed by atoms with Crippen LogP contribution >= 0.6 is 12.2 Å². The van der Waals surface area contributed by atoms with Crippen LogP contribution < -0.4 is 4.90 Å². The van der Waals surface area contributed by atoms with E-state index in [1.807, 2.05) is 35.1 Å². The van der Waals surface area contributed by atoms with E-state index in [0.29, 0.717) is 22.9 Å². The van der Waals surface area contributed by atoms with Gasteiger partial charge in [0.05, 0.1) is 17.9 Å². The predicted octanol–water partition coefficient (Wildman–Crippen LogP) is 4.64. The fourth-order valence-corrected chi connectivity index (χ4v) is 4.89. The molecule has 0 amide bonds.